The van der Waals surface area contributed by atoms with E-state index in [2.05, 4.69) is 4.98 Å². The molecule has 0 bridgehead atoms. The highest BCUT2D eigenvalue weighted by Gasteiger charge is 2.26. The summed E-state index contributed by atoms with van der Waals surface area (Å²) in [6.45, 7) is -24.7. The highest BCUT2D eigenvalue weighted by Crippen LogP contribution is 2.39. The van der Waals surface area contributed by atoms with E-state index in [1.54, 1.807) is 0 Å². The van der Waals surface area contributed by atoms with Crippen molar-refractivity contribution in [3.63, 3.8) is 0 Å². The third kappa shape index (κ3) is 4.04. The van der Waals surface area contributed by atoms with Gasteiger partial charge in [-0.15, -0.1) is 0 Å². The van der Waals surface area contributed by atoms with E-state index in [1.165, 1.54) is 24.3 Å². The van der Waals surface area contributed by atoms with Crippen LogP contribution in [0, 0.1) is 0 Å². The van der Waals surface area contributed by atoms with Crippen LogP contribution in [0.4, 0.5) is 5.69 Å². The molecule has 5 nitrogen and oxygen atoms in total. The van der Waals surface area contributed by atoms with Gasteiger partial charge in [-0.05, 0) is 40.2 Å². The van der Waals surface area contributed by atoms with Gasteiger partial charge in [-0.3, -0.25) is 9.59 Å². The summed E-state index contributed by atoms with van der Waals surface area (Å²) in [5.41, 5.74) is -14.4. The third-order valence-corrected chi connectivity index (χ3v) is 4.14. The van der Waals surface area contributed by atoms with Crippen LogP contribution in [-0.4, -0.2) is 16.0 Å². The lowest BCUT2D eigenvalue weighted by Crippen LogP contribution is -2.25. The molecular formula is C24H28N2O3. The summed E-state index contributed by atoms with van der Waals surface area (Å²) in [4.78, 5) is 29.3. The van der Waals surface area contributed by atoms with E-state index in [9.17, 15) is 14.7 Å². The van der Waals surface area contributed by atoms with Gasteiger partial charge < -0.3 is 15.4 Å². The first-order chi connectivity index (χ1) is 21.3. The minimum Gasteiger partial charge on any atom is -0.508 e. The Kier molecular flexibility index (Phi) is 1.78. The molecule has 0 spiro atoms. The summed E-state index contributed by atoms with van der Waals surface area (Å²) in [5.74, 6) is -3.10. The highest BCUT2D eigenvalue weighted by atomic mass is 16.3. The second-order valence-electron chi connectivity index (χ2n) is 6.37. The molecular weight excluding hydrogens is 364 g/mol. The van der Waals surface area contributed by atoms with Crippen LogP contribution in [-0.2, 0) is 10.8 Å². The number of pyridine rings is 1. The molecule has 0 aliphatic heterocycles. The van der Waals surface area contributed by atoms with Crippen molar-refractivity contribution in [2.24, 2.45) is 0 Å². The maximum absolute atomic E-state index is 13.6. The lowest BCUT2D eigenvalue weighted by atomic mass is 9.79. The van der Waals surface area contributed by atoms with Crippen LogP contribution < -0.4 is 10.7 Å². The predicted molar refractivity (Wildman–Crippen MR) is 118 cm³/mol. The largest absolute Gasteiger partial charge is 0.508 e. The van der Waals surface area contributed by atoms with Crippen molar-refractivity contribution in [2.45, 2.75) is 51.9 Å². The van der Waals surface area contributed by atoms with Gasteiger partial charge in [-0.2, -0.15) is 0 Å². The number of fused-ring (bicyclic) bond motifs is 1. The number of carbonyl (C=O) groups is 1. The van der Waals surface area contributed by atoms with E-state index >= 15 is 0 Å². The molecule has 1 heterocycles. The van der Waals surface area contributed by atoms with Crippen molar-refractivity contribution in [1.82, 2.24) is 4.98 Å². The lowest BCUT2D eigenvalue weighted by molar-refractivity contribution is 0.102. The van der Waals surface area contributed by atoms with Crippen molar-refractivity contribution in [2.75, 3.05) is 5.32 Å². The van der Waals surface area contributed by atoms with Crippen LogP contribution in [0.15, 0.2) is 47.4 Å². The Morgan fingerprint density at radius 1 is 1.07 bits per heavy atom. The molecule has 152 valence electrons. The summed E-state index contributed by atoms with van der Waals surface area (Å²) < 4.78 is 154. The number of aromatic amines is 1. The average Bonchev–Trinajstić information content (AvgIpc) is 2.81. The number of rotatable bonds is 2. The normalized spacial score (nSPS) is 24.5. The molecule has 0 radical (unpaired) electrons. The van der Waals surface area contributed by atoms with Crippen molar-refractivity contribution < 1.29 is 35.9 Å². The molecule has 0 atom stereocenters. The van der Waals surface area contributed by atoms with Crippen molar-refractivity contribution in [3.05, 3.63) is 69.5 Å². The number of benzene rings is 2. The van der Waals surface area contributed by atoms with Gasteiger partial charge in [-0.1, -0.05) is 53.2 Å². The summed E-state index contributed by atoms with van der Waals surface area (Å²) >= 11 is 0. The van der Waals surface area contributed by atoms with E-state index in [0.29, 0.717) is 0 Å². The number of phenolic OH excluding ortho intramolecular Hbond substituents is 1. The number of amides is 1. The minimum absolute atomic E-state index is 0.0212. The zero-order valence-corrected chi connectivity index (χ0v) is 14.7. The van der Waals surface area contributed by atoms with Crippen LogP contribution in [0.25, 0.3) is 10.9 Å². The van der Waals surface area contributed by atoms with Gasteiger partial charge in [-0.25, -0.2) is 0 Å². The minimum atomic E-state index is -4.14. The summed E-state index contributed by atoms with van der Waals surface area (Å²) in [7, 11) is 0. The number of aromatic nitrogens is 1. The fraction of sp³-hybridized carbons (Fsp3) is 0.333. The number of hydrogen-bond donors (Lipinski definition) is 3. The van der Waals surface area contributed by atoms with Crippen molar-refractivity contribution in [1.29, 1.82) is 0 Å². The summed E-state index contributed by atoms with van der Waals surface area (Å²) in [5, 5.41) is 12.9. The maximum Gasteiger partial charge on any atom is 0.261 e. The SMILES string of the molecule is [2H]c1[nH]c2ccccc2c(=O)c1C(=O)Nc1cc(O)c(C(C([2H])([2H])[2H])(C([2H])([2H])[2H])C([2H])([2H])[2H])cc1C(C([2H])([2H])[2H])(C([2H])([2H])[2H])C([2H])([2H])[2H]. The van der Waals surface area contributed by atoms with Gasteiger partial charge in [0.2, 0.25) is 5.43 Å². The molecule has 0 aliphatic carbocycles. The molecule has 0 saturated heterocycles. The second-order valence-corrected chi connectivity index (χ2v) is 6.37. The van der Waals surface area contributed by atoms with E-state index in [4.69, 9.17) is 26.0 Å². The number of hydrogen-bond acceptors (Lipinski definition) is 3. The number of carbonyl (C=O) groups excluding carboxylic acids is 1. The quantitative estimate of drug-likeness (QED) is 0.550. The molecule has 29 heavy (non-hydrogen) atoms. The Balaban J connectivity index is 2.65. The van der Waals surface area contributed by atoms with Crippen molar-refractivity contribution >= 4 is 22.5 Å². The molecule has 0 fully saturated rings. The van der Waals surface area contributed by atoms with Crippen LogP contribution in [0.3, 0.4) is 0 Å². The Labute approximate surface area is 197 Å². The monoisotopic (exact) mass is 411 g/mol. The smallest absolute Gasteiger partial charge is 0.261 e. The Morgan fingerprint density at radius 2 is 1.72 bits per heavy atom. The van der Waals surface area contributed by atoms with Gasteiger partial charge in [0, 0.05) is 53.5 Å². The summed E-state index contributed by atoms with van der Waals surface area (Å²) in [6.07, 6.45) is -0.807. The summed E-state index contributed by atoms with van der Waals surface area (Å²) in [6, 6.07) is 5.82. The Hall–Kier alpha value is -3.08. The van der Waals surface area contributed by atoms with Crippen LogP contribution >= 0.6 is 0 Å². The van der Waals surface area contributed by atoms with Gasteiger partial charge in [0.05, 0.1) is 1.37 Å². The van der Waals surface area contributed by atoms with E-state index in [1.807, 2.05) is 5.32 Å². The first-order valence-corrected chi connectivity index (χ1v) is 8.11. The molecule has 3 aromatic rings. The van der Waals surface area contributed by atoms with Crippen LogP contribution in [0.5, 0.6) is 5.75 Å². The molecule has 5 heteroatoms. The zero-order chi connectivity index (χ0) is 37.4. The molecule has 3 rings (SSSR count). The van der Waals surface area contributed by atoms with Gasteiger partial charge in [0.25, 0.3) is 5.91 Å². The maximum atomic E-state index is 13.6. The average molecular weight is 412 g/mol. The van der Waals surface area contributed by atoms with Gasteiger partial charge in [0.1, 0.15) is 11.3 Å². The number of nitrogens with one attached hydrogen (secondary N) is 2. The van der Waals surface area contributed by atoms with Gasteiger partial charge >= 0.3 is 0 Å². The fourth-order valence-corrected chi connectivity index (χ4v) is 2.76. The van der Waals surface area contributed by atoms with Crippen LogP contribution in [0.1, 0.15) is 88.6 Å². The first-order valence-electron chi connectivity index (χ1n) is 17.6. The standard InChI is InChI=1S/C24H28N2O3/c1-23(2,3)16-11-17(24(4,5)6)20(27)12-19(16)26-22(29)15-13-25-18-10-8-7-9-14(18)21(15)28/h7-13,27H,1-6H3,(H,25,28)(H,26,29)/i1D3,2D3,3D3,4D3,5D3,6D3,13D. The molecule has 0 unspecified atom stereocenters. The number of phenols is 1. The third-order valence-electron chi connectivity index (χ3n) is 4.14. The second kappa shape index (κ2) is 7.07. The molecule has 3 N–H and O–H groups in total. The first kappa shape index (κ1) is 7.31. The highest BCUT2D eigenvalue weighted by molar-refractivity contribution is 6.06. The molecule has 1 amide bonds. The molecule has 0 aliphatic rings. The Bertz CT molecular complexity index is 1720. The fourth-order valence-electron chi connectivity index (χ4n) is 2.76. The molecule has 1 aromatic heterocycles. The van der Waals surface area contributed by atoms with E-state index < -0.39 is 97.6 Å². The number of para-hydroxylation sites is 1. The number of anilines is 1. The van der Waals surface area contributed by atoms with Crippen LogP contribution in [0.2, 0.25) is 0 Å². The van der Waals surface area contributed by atoms with Gasteiger partial charge in [0.15, 0.2) is 0 Å². The topological polar surface area (TPSA) is 82.2 Å². The Morgan fingerprint density at radius 3 is 2.41 bits per heavy atom. The number of H-pyrrole nitrogens is 1. The van der Waals surface area contributed by atoms with Crippen molar-refractivity contribution in [3.8, 4) is 5.75 Å². The van der Waals surface area contributed by atoms with E-state index in [-0.39, 0.29) is 23.0 Å². The zero-order valence-electron chi connectivity index (χ0n) is 33.7. The van der Waals surface area contributed by atoms with E-state index in [0.717, 1.165) is 0 Å². The molecule has 2 aromatic carbocycles. The lowest BCUT2D eigenvalue weighted by Gasteiger charge is -2.28. The predicted octanol–water partition coefficient (Wildman–Crippen LogP) is 5.08. The molecule has 0 saturated carbocycles. The number of aromatic hydroxyl groups is 1.